The van der Waals surface area contributed by atoms with Crippen molar-refractivity contribution in [3.8, 4) is 0 Å². The molecule has 2 aromatic carbocycles. The lowest BCUT2D eigenvalue weighted by Crippen LogP contribution is -2.30. The number of anilines is 1. The van der Waals surface area contributed by atoms with Crippen molar-refractivity contribution in [3.63, 3.8) is 0 Å². The fourth-order valence-corrected chi connectivity index (χ4v) is 2.72. The minimum Gasteiger partial charge on any atom is -0.327 e. The zero-order chi connectivity index (χ0) is 16.6. The summed E-state index contributed by atoms with van der Waals surface area (Å²) in [5.74, 6) is -0.898. The van der Waals surface area contributed by atoms with E-state index in [4.69, 9.17) is 35.4 Å². The number of benzene rings is 2. The van der Waals surface area contributed by atoms with Gasteiger partial charge in [-0.1, -0.05) is 35.3 Å². The average Bonchev–Trinajstić information content (AvgIpc) is 2.79. The number of rotatable bonds is 2. The number of thiocarbonyl (C=S) groups is 1. The number of halogens is 3. The minimum absolute atomic E-state index is 0.0757. The fraction of sp³-hybridized carbons (Fsp3) is 0. The van der Waals surface area contributed by atoms with Crippen LogP contribution >= 0.6 is 35.4 Å². The molecular formula is C16H9Cl2FN2OS. The summed E-state index contributed by atoms with van der Waals surface area (Å²) in [6.07, 6.45) is 1.66. The zero-order valence-corrected chi connectivity index (χ0v) is 13.8. The number of hydrogen-bond donors (Lipinski definition) is 1. The Kier molecular flexibility index (Phi) is 4.35. The highest BCUT2D eigenvalue weighted by molar-refractivity contribution is 7.80. The summed E-state index contributed by atoms with van der Waals surface area (Å²) in [6, 6.07) is 11.0. The summed E-state index contributed by atoms with van der Waals surface area (Å²) in [5.41, 5.74) is 1.52. The Labute approximate surface area is 147 Å². The zero-order valence-electron chi connectivity index (χ0n) is 11.5. The highest BCUT2D eigenvalue weighted by atomic mass is 35.5. The smallest absolute Gasteiger partial charge is 0.281 e. The Balaban J connectivity index is 1.93. The molecule has 0 radical (unpaired) electrons. The summed E-state index contributed by atoms with van der Waals surface area (Å²) in [6.45, 7) is 0. The van der Waals surface area contributed by atoms with Gasteiger partial charge in [-0.05, 0) is 54.2 Å². The molecule has 2 aromatic rings. The third-order valence-electron chi connectivity index (χ3n) is 3.22. The monoisotopic (exact) mass is 366 g/mol. The summed E-state index contributed by atoms with van der Waals surface area (Å²) in [4.78, 5) is 13.8. The Morgan fingerprint density at radius 3 is 2.48 bits per heavy atom. The Morgan fingerprint density at radius 2 is 1.83 bits per heavy atom. The molecule has 1 heterocycles. The van der Waals surface area contributed by atoms with Crippen molar-refractivity contribution in [1.29, 1.82) is 0 Å². The molecule has 0 atom stereocenters. The van der Waals surface area contributed by atoms with Crippen LogP contribution in [0.4, 0.5) is 10.1 Å². The van der Waals surface area contributed by atoms with Crippen LogP contribution in [0.2, 0.25) is 10.0 Å². The van der Waals surface area contributed by atoms with Crippen LogP contribution in [-0.2, 0) is 4.79 Å². The van der Waals surface area contributed by atoms with E-state index in [1.807, 2.05) is 0 Å². The van der Waals surface area contributed by atoms with Crippen molar-refractivity contribution >= 4 is 58.2 Å². The van der Waals surface area contributed by atoms with Gasteiger partial charge in [0.15, 0.2) is 5.11 Å². The third kappa shape index (κ3) is 3.22. The molecule has 1 N–H and O–H groups in total. The molecule has 1 saturated heterocycles. The SMILES string of the molecule is O=C1/C(=C/c2ccc(Cl)cc2)NC(=S)N1c1ccc(F)c(Cl)c1. The van der Waals surface area contributed by atoms with Gasteiger partial charge < -0.3 is 5.32 Å². The molecule has 0 saturated carbocycles. The minimum atomic E-state index is -0.558. The van der Waals surface area contributed by atoms with E-state index in [1.165, 1.54) is 23.1 Å². The molecule has 1 amide bonds. The first-order chi connectivity index (χ1) is 11.0. The van der Waals surface area contributed by atoms with Crippen LogP contribution in [0.1, 0.15) is 5.56 Å². The quantitative estimate of drug-likeness (QED) is 0.631. The van der Waals surface area contributed by atoms with Crippen molar-refractivity contribution in [3.05, 3.63) is 69.6 Å². The van der Waals surface area contributed by atoms with Gasteiger partial charge in [-0.3, -0.25) is 9.69 Å². The van der Waals surface area contributed by atoms with Crippen LogP contribution in [0.15, 0.2) is 48.2 Å². The van der Waals surface area contributed by atoms with Crippen LogP contribution in [0, 0.1) is 5.82 Å². The maximum absolute atomic E-state index is 13.3. The van der Waals surface area contributed by atoms with E-state index in [1.54, 1.807) is 30.3 Å². The topological polar surface area (TPSA) is 32.3 Å². The molecule has 116 valence electrons. The molecule has 3 nitrogen and oxygen atoms in total. The van der Waals surface area contributed by atoms with Gasteiger partial charge in [0.1, 0.15) is 11.5 Å². The predicted molar refractivity (Wildman–Crippen MR) is 94.1 cm³/mol. The van der Waals surface area contributed by atoms with Crippen molar-refractivity contribution in [2.45, 2.75) is 0 Å². The van der Waals surface area contributed by atoms with E-state index in [2.05, 4.69) is 5.32 Å². The predicted octanol–water partition coefficient (Wildman–Crippen LogP) is 4.39. The summed E-state index contributed by atoms with van der Waals surface area (Å²) >= 11 is 16.8. The second kappa shape index (κ2) is 6.28. The molecule has 0 aliphatic carbocycles. The molecule has 1 aliphatic heterocycles. The standard InChI is InChI=1S/C16H9Cl2FN2OS/c17-10-3-1-9(2-4-10)7-14-15(22)21(16(23)20-14)11-5-6-13(19)12(18)8-11/h1-8H,(H,20,23)/b14-7-. The lowest BCUT2D eigenvalue weighted by molar-refractivity contribution is -0.113. The number of nitrogens with one attached hydrogen (secondary N) is 1. The first kappa shape index (κ1) is 15.9. The Hall–Kier alpha value is -1.95. The lowest BCUT2D eigenvalue weighted by Gasteiger charge is -2.14. The molecular weight excluding hydrogens is 358 g/mol. The van der Waals surface area contributed by atoms with Crippen molar-refractivity contribution in [1.82, 2.24) is 5.32 Å². The third-order valence-corrected chi connectivity index (χ3v) is 4.05. The highest BCUT2D eigenvalue weighted by Gasteiger charge is 2.32. The number of carbonyl (C=O) groups is 1. The Bertz CT molecular complexity index is 836. The first-order valence-electron chi connectivity index (χ1n) is 6.53. The van der Waals surface area contributed by atoms with Gasteiger partial charge in [-0.25, -0.2) is 4.39 Å². The van der Waals surface area contributed by atoms with Gasteiger partial charge in [0.2, 0.25) is 0 Å². The van der Waals surface area contributed by atoms with Crippen LogP contribution in [0.25, 0.3) is 6.08 Å². The molecule has 0 spiro atoms. The fourth-order valence-electron chi connectivity index (χ4n) is 2.12. The van der Waals surface area contributed by atoms with Crippen LogP contribution < -0.4 is 10.2 Å². The summed E-state index contributed by atoms with van der Waals surface area (Å²) in [7, 11) is 0. The molecule has 1 fully saturated rings. The largest absolute Gasteiger partial charge is 0.327 e. The van der Waals surface area contributed by atoms with Crippen molar-refractivity contribution in [2.24, 2.45) is 0 Å². The number of nitrogens with zero attached hydrogens (tertiary/aromatic N) is 1. The van der Waals surface area contributed by atoms with E-state index < -0.39 is 5.82 Å². The van der Waals surface area contributed by atoms with E-state index in [0.29, 0.717) is 16.4 Å². The van der Waals surface area contributed by atoms with Gasteiger partial charge in [0.25, 0.3) is 5.91 Å². The molecule has 7 heteroatoms. The number of amides is 1. The maximum Gasteiger partial charge on any atom is 0.281 e. The van der Waals surface area contributed by atoms with Crippen LogP contribution in [0.5, 0.6) is 0 Å². The molecule has 0 unspecified atom stereocenters. The number of hydrogen-bond acceptors (Lipinski definition) is 2. The van der Waals surface area contributed by atoms with Gasteiger partial charge >= 0.3 is 0 Å². The Morgan fingerprint density at radius 1 is 1.13 bits per heavy atom. The van der Waals surface area contributed by atoms with Gasteiger partial charge in [0, 0.05) is 5.02 Å². The van der Waals surface area contributed by atoms with E-state index in [-0.39, 0.29) is 16.0 Å². The maximum atomic E-state index is 13.3. The summed E-state index contributed by atoms with van der Waals surface area (Å²) < 4.78 is 13.3. The van der Waals surface area contributed by atoms with E-state index in [9.17, 15) is 9.18 Å². The number of carbonyl (C=O) groups excluding carboxylic acids is 1. The van der Waals surface area contributed by atoms with Gasteiger partial charge in [-0.15, -0.1) is 0 Å². The average molecular weight is 367 g/mol. The van der Waals surface area contributed by atoms with E-state index in [0.717, 1.165) is 5.56 Å². The summed E-state index contributed by atoms with van der Waals surface area (Å²) in [5, 5.41) is 3.59. The normalized spacial score (nSPS) is 16.1. The second-order valence-electron chi connectivity index (χ2n) is 4.78. The van der Waals surface area contributed by atoms with Gasteiger partial charge in [-0.2, -0.15) is 0 Å². The first-order valence-corrected chi connectivity index (χ1v) is 7.70. The second-order valence-corrected chi connectivity index (χ2v) is 6.01. The van der Waals surface area contributed by atoms with Crippen molar-refractivity contribution in [2.75, 3.05) is 4.90 Å². The molecule has 23 heavy (non-hydrogen) atoms. The molecule has 3 rings (SSSR count). The van der Waals surface area contributed by atoms with Crippen molar-refractivity contribution < 1.29 is 9.18 Å². The van der Waals surface area contributed by atoms with Gasteiger partial charge in [0.05, 0.1) is 10.7 Å². The molecule has 0 bridgehead atoms. The lowest BCUT2D eigenvalue weighted by atomic mass is 10.2. The van der Waals surface area contributed by atoms with E-state index >= 15 is 0 Å². The van der Waals surface area contributed by atoms with Crippen LogP contribution in [-0.4, -0.2) is 11.0 Å². The molecule has 0 aromatic heterocycles. The van der Waals surface area contributed by atoms with Crippen LogP contribution in [0.3, 0.4) is 0 Å². The highest BCUT2D eigenvalue weighted by Crippen LogP contribution is 2.27. The molecule has 1 aliphatic rings.